The number of nitrogens with zero attached hydrogens (tertiary/aromatic N) is 4. The van der Waals surface area contributed by atoms with E-state index in [4.69, 9.17) is 4.74 Å². The zero-order chi connectivity index (χ0) is 21.0. The van der Waals surface area contributed by atoms with E-state index in [2.05, 4.69) is 10.3 Å². The Labute approximate surface area is 169 Å². The maximum absolute atomic E-state index is 12.9. The number of nitro groups is 1. The summed E-state index contributed by atoms with van der Waals surface area (Å²) in [7, 11) is -0.376. The monoisotopic (exact) mass is 421 g/mol. The molecule has 2 heterocycles. The molecule has 3 rings (SSSR count). The molecule has 0 amide bonds. The minimum atomic E-state index is -3.79. The third-order valence-electron chi connectivity index (χ3n) is 4.78. The highest BCUT2D eigenvalue weighted by Crippen LogP contribution is 2.30. The summed E-state index contributed by atoms with van der Waals surface area (Å²) >= 11 is 0. The van der Waals surface area contributed by atoms with Gasteiger partial charge >= 0.3 is 0 Å². The predicted molar refractivity (Wildman–Crippen MR) is 107 cm³/mol. The second kappa shape index (κ2) is 8.72. The maximum atomic E-state index is 12.9. The Kier molecular flexibility index (Phi) is 6.30. The molecule has 2 aromatic rings. The Morgan fingerprint density at radius 2 is 1.97 bits per heavy atom. The van der Waals surface area contributed by atoms with Crippen LogP contribution in [0.15, 0.2) is 41.4 Å². The third kappa shape index (κ3) is 4.63. The van der Waals surface area contributed by atoms with Crippen LogP contribution in [0.5, 0.6) is 5.88 Å². The molecule has 0 bridgehead atoms. The number of piperazine rings is 1. The molecule has 1 N–H and O–H groups in total. The van der Waals surface area contributed by atoms with Gasteiger partial charge in [-0.1, -0.05) is 6.07 Å². The molecule has 1 aliphatic rings. The smallest absolute Gasteiger partial charge is 0.293 e. The molecule has 1 aliphatic heterocycles. The molecule has 0 spiro atoms. The van der Waals surface area contributed by atoms with Gasteiger partial charge in [-0.3, -0.25) is 10.1 Å². The normalized spacial score (nSPS) is 15.8. The lowest BCUT2D eigenvalue weighted by Crippen LogP contribution is -2.47. The van der Waals surface area contributed by atoms with E-state index in [9.17, 15) is 18.5 Å². The summed E-state index contributed by atoms with van der Waals surface area (Å²) in [5, 5.41) is 14.5. The molecule has 0 atom stereocenters. The van der Waals surface area contributed by atoms with E-state index in [0.29, 0.717) is 32.1 Å². The fraction of sp³-hybridized carbons (Fsp3) is 0.389. The molecule has 0 aliphatic carbocycles. The van der Waals surface area contributed by atoms with E-state index >= 15 is 0 Å². The number of ether oxygens (including phenoxy) is 1. The minimum Gasteiger partial charge on any atom is -0.481 e. The second-order valence-electron chi connectivity index (χ2n) is 6.67. The van der Waals surface area contributed by atoms with Gasteiger partial charge in [0.1, 0.15) is 5.69 Å². The van der Waals surface area contributed by atoms with E-state index in [1.807, 2.05) is 11.9 Å². The van der Waals surface area contributed by atoms with Crippen LogP contribution in [0, 0.1) is 10.1 Å². The van der Waals surface area contributed by atoms with Crippen molar-refractivity contribution in [3.05, 3.63) is 52.2 Å². The minimum absolute atomic E-state index is 0.0849. The first-order valence-corrected chi connectivity index (χ1v) is 10.5. The van der Waals surface area contributed by atoms with Crippen LogP contribution in [-0.2, 0) is 16.6 Å². The van der Waals surface area contributed by atoms with Crippen molar-refractivity contribution >= 4 is 21.4 Å². The Balaban J connectivity index is 1.84. The molecule has 156 valence electrons. The number of likely N-dealkylation sites (N-methyl/N-ethyl adjacent to an activating group) is 1. The largest absolute Gasteiger partial charge is 0.481 e. The van der Waals surface area contributed by atoms with Crippen molar-refractivity contribution in [1.82, 2.24) is 14.2 Å². The lowest BCUT2D eigenvalue weighted by atomic mass is 10.2. The molecular formula is C18H23N5O5S. The topological polar surface area (TPSA) is 118 Å². The number of hydrogen-bond acceptors (Lipinski definition) is 8. The highest BCUT2D eigenvalue weighted by molar-refractivity contribution is 7.89. The van der Waals surface area contributed by atoms with Crippen LogP contribution in [-0.4, -0.2) is 67.9 Å². The summed E-state index contributed by atoms with van der Waals surface area (Å²) in [6, 6.07) is 7.44. The van der Waals surface area contributed by atoms with Crippen molar-refractivity contribution in [3.63, 3.8) is 0 Å². The van der Waals surface area contributed by atoms with Gasteiger partial charge in [-0.05, 0) is 25.2 Å². The van der Waals surface area contributed by atoms with Crippen molar-refractivity contribution < 1.29 is 18.1 Å². The number of nitro benzene ring substituents is 1. The Hall–Kier alpha value is -2.76. The number of sulfonamides is 1. The summed E-state index contributed by atoms with van der Waals surface area (Å²) < 4.78 is 32.3. The highest BCUT2D eigenvalue weighted by atomic mass is 32.2. The van der Waals surface area contributed by atoms with Crippen LogP contribution in [0.4, 0.5) is 11.4 Å². The average Bonchev–Trinajstić information content (AvgIpc) is 2.72. The first-order valence-electron chi connectivity index (χ1n) is 9.02. The summed E-state index contributed by atoms with van der Waals surface area (Å²) in [4.78, 5) is 17.0. The maximum Gasteiger partial charge on any atom is 0.293 e. The van der Waals surface area contributed by atoms with Crippen LogP contribution >= 0.6 is 0 Å². The van der Waals surface area contributed by atoms with Crippen LogP contribution in [0.2, 0.25) is 0 Å². The first kappa shape index (κ1) is 21.0. The number of methoxy groups -OCH3 is 1. The summed E-state index contributed by atoms with van der Waals surface area (Å²) in [6.45, 7) is 2.19. The molecule has 0 saturated carbocycles. The quantitative estimate of drug-likeness (QED) is 0.528. The number of rotatable bonds is 7. The number of hydrogen-bond donors (Lipinski definition) is 1. The molecule has 1 saturated heterocycles. The van der Waals surface area contributed by atoms with E-state index in [-0.39, 0.29) is 22.8 Å². The average molecular weight is 421 g/mol. The first-order chi connectivity index (χ1) is 13.8. The Bertz CT molecular complexity index is 990. The van der Waals surface area contributed by atoms with E-state index in [1.165, 1.54) is 23.5 Å². The molecule has 1 aromatic carbocycles. The van der Waals surface area contributed by atoms with Gasteiger partial charge < -0.3 is 15.0 Å². The van der Waals surface area contributed by atoms with Crippen LogP contribution in [0.3, 0.4) is 0 Å². The highest BCUT2D eigenvalue weighted by Gasteiger charge is 2.29. The molecule has 1 fully saturated rings. The van der Waals surface area contributed by atoms with E-state index in [0.717, 1.165) is 11.6 Å². The SMILES string of the molecule is COc1ncccc1CNc1ccc(S(=O)(=O)N2CCN(C)CC2)cc1[N+](=O)[O-]. The van der Waals surface area contributed by atoms with Crippen molar-refractivity contribution in [2.24, 2.45) is 0 Å². The molecule has 11 heteroatoms. The van der Waals surface area contributed by atoms with Gasteiger partial charge in [0.2, 0.25) is 15.9 Å². The molecular weight excluding hydrogens is 398 g/mol. The molecule has 10 nitrogen and oxygen atoms in total. The van der Waals surface area contributed by atoms with E-state index < -0.39 is 14.9 Å². The number of benzene rings is 1. The standard InChI is InChI=1S/C18H23N5O5S/c1-21-8-10-22(11-9-21)29(26,27)15-5-6-16(17(12-15)23(24)25)20-13-14-4-3-7-19-18(14)28-2/h3-7,12,20H,8-11,13H2,1-2H3. The predicted octanol–water partition coefficient (Wildman–Crippen LogP) is 1.55. The van der Waals surface area contributed by atoms with Gasteiger partial charge in [-0.2, -0.15) is 4.31 Å². The van der Waals surface area contributed by atoms with Gasteiger partial charge in [0, 0.05) is 50.6 Å². The van der Waals surface area contributed by atoms with Gasteiger partial charge in [-0.25, -0.2) is 13.4 Å². The zero-order valence-corrected chi connectivity index (χ0v) is 17.1. The molecule has 0 unspecified atom stereocenters. The number of pyridine rings is 1. The van der Waals surface area contributed by atoms with Gasteiger partial charge in [0.05, 0.1) is 16.9 Å². The van der Waals surface area contributed by atoms with Crippen molar-refractivity contribution in [1.29, 1.82) is 0 Å². The third-order valence-corrected chi connectivity index (χ3v) is 6.67. The van der Waals surface area contributed by atoms with Crippen molar-refractivity contribution in [3.8, 4) is 5.88 Å². The van der Waals surface area contributed by atoms with Gasteiger partial charge in [-0.15, -0.1) is 0 Å². The van der Waals surface area contributed by atoms with Gasteiger partial charge in [0.25, 0.3) is 5.69 Å². The second-order valence-corrected chi connectivity index (χ2v) is 8.61. The number of nitrogens with one attached hydrogen (secondary N) is 1. The Morgan fingerprint density at radius 3 is 2.62 bits per heavy atom. The van der Waals surface area contributed by atoms with Crippen molar-refractivity contribution in [2.45, 2.75) is 11.4 Å². The molecule has 29 heavy (non-hydrogen) atoms. The van der Waals surface area contributed by atoms with Crippen LogP contribution < -0.4 is 10.1 Å². The van der Waals surface area contributed by atoms with Crippen molar-refractivity contribution in [2.75, 3.05) is 45.7 Å². The number of anilines is 1. The van der Waals surface area contributed by atoms with Crippen LogP contribution in [0.25, 0.3) is 0 Å². The summed E-state index contributed by atoms with van der Waals surface area (Å²) in [5.41, 5.74) is 0.639. The lowest BCUT2D eigenvalue weighted by molar-refractivity contribution is -0.384. The fourth-order valence-electron chi connectivity index (χ4n) is 3.08. The summed E-state index contributed by atoms with van der Waals surface area (Å²) in [6.07, 6.45) is 1.59. The van der Waals surface area contributed by atoms with E-state index in [1.54, 1.807) is 18.3 Å². The fourth-order valence-corrected chi connectivity index (χ4v) is 4.53. The lowest BCUT2D eigenvalue weighted by Gasteiger charge is -2.31. The Morgan fingerprint density at radius 1 is 1.24 bits per heavy atom. The zero-order valence-electron chi connectivity index (χ0n) is 16.2. The van der Waals surface area contributed by atoms with Crippen LogP contribution in [0.1, 0.15) is 5.56 Å². The van der Waals surface area contributed by atoms with Gasteiger partial charge in [0.15, 0.2) is 0 Å². The molecule has 1 aromatic heterocycles. The number of aromatic nitrogens is 1. The molecule has 0 radical (unpaired) electrons. The summed E-state index contributed by atoms with van der Waals surface area (Å²) in [5.74, 6) is 0.414.